The number of halogens is 4. The Balaban J connectivity index is 2.38. The zero-order valence-electron chi connectivity index (χ0n) is 10.7. The van der Waals surface area contributed by atoms with Gasteiger partial charge in [-0.3, -0.25) is 4.79 Å². The third-order valence-corrected chi connectivity index (χ3v) is 3.41. The highest BCUT2D eigenvalue weighted by Gasteiger charge is 2.20. The van der Waals surface area contributed by atoms with Crippen LogP contribution in [0.4, 0.5) is 18.9 Å². The first-order chi connectivity index (χ1) is 10.3. The number of hydrogen-bond acceptors (Lipinski definition) is 2. The van der Waals surface area contributed by atoms with Gasteiger partial charge in [-0.25, -0.2) is 18.0 Å². The van der Waals surface area contributed by atoms with Crippen LogP contribution in [0.3, 0.4) is 0 Å². The van der Waals surface area contributed by atoms with Crippen LogP contribution in [0.15, 0.2) is 30.3 Å². The van der Waals surface area contributed by atoms with E-state index in [2.05, 4.69) is 5.32 Å². The number of aromatic carboxylic acids is 1. The topological polar surface area (TPSA) is 66.4 Å². The quantitative estimate of drug-likeness (QED) is 0.588. The Hall–Kier alpha value is -2.10. The van der Waals surface area contributed by atoms with Crippen molar-refractivity contribution in [2.45, 2.75) is 0 Å². The largest absolute Gasteiger partial charge is 0.478 e. The Morgan fingerprint density at radius 3 is 2.32 bits per heavy atom. The molecule has 0 fully saturated rings. The molecule has 1 amide bonds. The van der Waals surface area contributed by atoms with E-state index in [-0.39, 0.29) is 11.3 Å². The van der Waals surface area contributed by atoms with Crippen LogP contribution < -0.4 is 5.32 Å². The number of anilines is 1. The molecule has 0 aliphatic heterocycles. The molecular formula is C14H7F3INO3. The molecule has 0 saturated heterocycles. The molecule has 8 heteroatoms. The van der Waals surface area contributed by atoms with Crippen molar-refractivity contribution in [2.75, 3.05) is 5.32 Å². The third-order valence-electron chi connectivity index (χ3n) is 2.74. The molecule has 2 aromatic carbocycles. The van der Waals surface area contributed by atoms with Crippen LogP contribution >= 0.6 is 22.6 Å². The number of hydrogen-bond donors (Lipinski definition) is 2. The first-order valence-corrected chi connectivity index (χ1v) is 6.87. The molecule has 0 unspecified atom stereocenters. The number of nitrogens with one attached hydrogen (secondary N) is 1. The highest BCUT2D eigenvalue weighted by atomic mass is 127. The van der Waals surface area contributed by atoms with E-state index in [4.69, 9.17) is 5.11 Å². The van der Waals surface area contributed by atoms with E-state index >= 15 is 0 Å². The zero-order chi connectivity index (χ0) is 16.4. The maximum atomic E-state index is 13.5. The lowest BCUT2D eigenvalue weighted by Gasteiger charge is -2.10. The van der Waals surface area contributed by atoms with Gasteiger partial charge in [-0.15, -0.1) is 0 Å². The van der Waals surface area contributed by atoms with Gasteiger partial charge in [0.2, 0.25) is 0 Å². The number of amides is 1. The van der Waals surface area contributed by atoms with Crippen LogP contribution in [0.25, 0.3) is 0 Å². The predicted molar refractivity (Wildman–Crippen MR) is 80.4 cm³/mol. The minimum Gasteiger partial charge on any atom is -0.478 e. The summed E-state index contributed by atoms with van der Waals surface area (Å²) in [6.45, 7) is 0. The van der Waals surface area contributed by atoms with Gasteiger partial charge in [0.05, 0.1) is 16.8 Å². The average molecular weight is 421 g/mol. The van der Waals surface area contributed by atoms with Crippen molar-refractivity contribution in [3.63, 3.8) is 0 Å². The Morgan fingerprint density at radius 2 is 1.68 bits per heavy atom. The van der Waals surface area contributed by atoms with Gasteiger partial charge in [-0.1, -0.05) is 0 Å². The number of carboxylic acids is 1. The minimum atomic E-state index is -1.77. The van der Waals surface area contributed by atoms with Crippen LogP contribution in [0.2, 0.25) is 0 Å². The van der Waals surface area contributed by atoms with Gasteiger partial charge in [0.25, 0.3) is 5.91 Å². The zero-order valence-corrected chi connectivity index (χ0v) is 12.8. The number of rotatable bonds is 3. The normalized spacial score (nSPS) is 10.4. The van der Waals surface area contributed by atoms with E-state index in [0.717, 1.165) is 6.07 Å². The molecule has 2 rings (SSSR count). The van der Waals surface area contributed by atoms with E-state index in [0.29, 0.717) is 9.64 Å². The monoisotopic (exact) mass is 421 g/mol. The maximum absolute atomic E-state index is 13.5. The summed E-state index contributed by atoms with van der Waals surface area (Å²) in [7, 11) is 0. The van der Waals surface area contributed by atoms with Crippen molar-refractivity contribution in [1.29, 1.82) is 0 Å². The van der Waals surface area contributed by atoms with Crippen LogP contribution in [-0.4, -0.2) is 17.0 Å². The Morgan fingerprint density at radius 1 is 1.00 bits per heavy atom. The lowest BCUT2D eigenvalue weighted by Crippen LogP contribution is -2.17. The fourth-order valence-electron chi connectivity index (χ4n) is 1.69. The summed E-state index contributed by atoms with van der Waals surface area (Å²) in [5.74, 6) is -7.21. The second-order valence-corrected chi connectivity index (χ2v) is 5.42. The molecule has 22 heavy (non-hydrogen) atoms. The summed E-state index contributed by atoms with van der Waals surface area (Å²) in [6, 6.07) is 5.54. The van der Waals surface area contributed by atoms with E-state index in [1.807, 2.05) is 22.6 Å². The van der Waals surface area contributed by atoms with E-state index in [9.17, 15) is 22.8 Å². The molecular weight excluding hydrogens is 414 g/mol. The maximum Gasteiger partial charge on any atom is 0.337 e. The van der Waals surface area contributed by atoms with Crippen molar-refractivity contribution in [1.82, 2.24) is 0 Å². The first kappa shape index (κ1) is 16.3. The highest BCUT2D eigenvalue weighted by Crippen LogP contribution is 2.21. The van der Waals surface area contributed by atoms with E-state index < -0.39 is 34.9 Å². The van der Waals surface area contributed by atoms with Gasteiger partial charge in [0.15, 0.2) is 17.5 Å². The van der Waals surface area contributed by atoms with Crippen molar-refractivity contribution in [3.05, 3.63) is 62.5 Å². The summed E-state index contributed by atoms with van der Waals surface area (Å²) < 4.78 is 40.1. The average Bonchev–Trinajstić information content (AvgIpc) is 2.46. The summed E-state index contributed by atoms with van der Waals surface area (Å²) in [4.78, 5) is 23.0. The summed E-state index contributed by atoms with van der Waals surface area (Å²) in [6.07, 6.45) is 0. The summed E-state index contributed by atoms with van der Waals surface area (Å²) >= 11 is 1.89. The first-order valence-electron chi connectivity index (χ1n) is 5.79. The number of carboxylic acid groups (broad SMARTS) is 1. The van der Waals surface area contributed by atoms with Crippen molar-refractivity contribution < 1.29 is 27.9 Å². The predicted octanol–water partition coefficient (Wildman–Crippen LogP) is 3.66. The van der Waals surface area contributed by atoms with E-state index in [1.54, 1.807) is 0 Å². The molecule has 0 radical (unpaired) electrons. The summed E-state index contributed by atoms with van der Waals surface area (Å²) in [5.41, 5.74) is -1.01. The molecule has 114 valence electrons. The SMILES string of the molecule is O=C(O)c1cc(I)ccc1NC(=O)c1ccc(F)c(F)c1F. The van der Waals surface area contributed by atoms with Crippen LogP contribution in [0.1, 0.15) is 20.7 Å². The van der Waals surface area contributed by atoms with Crippen LogP contribution in [0, 0.1) is 21.0 Å². The van der Waals surface area contributed by atoms with Gasteiger partial charge in [0, 0.05) is 3.57 Å². The van der Waals surface area contributed by atoms with Gasteiger partial charge in [0.1, 0.15) is 0 Å². The fraction of sp³-hybridized carbons (Fsp3) is 0. The van der Waals surface area contributed by atoms with Gasteiger partial charge < -0.3 is 10.4 Å². The molecule has 0 aromatic heterocycles. The Kier molecular flexibility index (Phi) is 4.69. The highest BCUT2D eigenvalue weighted by molar-refractivity contribution is 14.1. The van der Waals surface area contributed by atoms with Crippen LogP contribution in [0.5, 0.6) is 0 Å². The molecule has 0 spiro atoms. The molecule has 0 saturated carbocycles. The molecule has 2 aromatic rings. The lowest BCUT2D eigenvalue weighted by atomic mass is 10.1. The molecule has 0 aliphatic carbocycles. The smallest absolute Gasteiger partial charge is 0.337 e. The standard InChI is InChI=1S/C14H7F3INO3/c15-9-3-2-7(11(16)12(9)17)13(20)19-10-4-1-6(18)5-8(10)14(21)22/h1-5H,(H,19,20)(H,21,22). The lowest BCUT2D eigenvalue weighted by molar-refractivity contribution is 0.0698. The Labute approximate surface area is 136 Å². The summed E-state index contributed by atoms with van der Waals surface area (Å²) in [5, 5.41) is 11.2. The van der Waals surface area contributed by atoms with Gasteiger partial charge >= 0.3 is 5.97 Å². The van der Waals surface area contributed by atoms with Crippen LogP contribution in [-0.2, 0) is 0 Å². The molecule has 0 aliphatic rings. The van der Waals surface area contributed by atoms with Crippen molar-refractivity contribution >= 4 is 40.2 Å². The molecule has 0 atom stereocenters. The van der Waals surface area contributed by atoms with Crippen molar-refractivity contribution in [2.24, 2.45) is 0 Å². The second kappa shape index (κ2) is 6.34. The number of carbonyl (C=O) groups is 2. The molecule has 4 nitrogen and oxygen atoms in total. The minimum absolute atomic E-state index is 0.0814. The molecule has 0 bridgehead atoms. The fourth-order valence-corrected chi connectivity index (χ4v) is 2.18. The third kappa shape index (κ3) is 3.21. The second-order valence-electron chi connectivity index (χ2n) is 4.17. The number of carbonyl (C=O) groups excluding carboxylic acids is 1. The molecule has 2 N–H and O–H groups in total. The number of benzene rings is 2. The van der Waals surface area contributed by atoms with E-state index in [1.165, 1.54) is 18.2 Å². The van der Waals surface area contributed by atoms with Gasteiger partial charge in [-0.05, 0) is 52.9 Å². The van der Waals surface area contributed by atoms with Gasteiger partial charge in [-0.2, -0.15) is 0 Å². The molecule has 0 heterocycles. The Bertz CT molecular complexity index is 780. The van der Waals surface area contributed by atoms with Crippen molar-refractivity contribution in [3.8, 4) is 0 Å².